The van der Waals surface area contributed by atoms with E-state index in [4.69, 9.17) is 10.5 Å². The molecule has 0 amide bonds. The van der Waals surface area contributed by atoms with Gasteiger partial charge in [0.25, 0.3) is 10.0 Å². The largest absolute Gasteiger partial charge is 0.455 e. The van der Waals surface area contributed by atoms with E-state index in [2.05, 4.69) is 14.8 Å². The first-order valence-corrected chi connectivity index (χ1v) is 13.8. The standard InChI is InChI=1S/C27H22N6O3S2.ClH/c1-33-24(9-10-31-33)23-15-20(19-4-2-3-18(13-19)16-28)5-7-26(23)36-25-8-6-22(14-21(25)17-29)38(34,35)32-27-30-11-12-37-27;/h2-15H,16,28H2,1H3,(H,30,32);1H. The molecule has 0 saturated carbocycles. The average Bonchev–Trinajstić information content (AvgIpc) is 3.60. The van der Waals surface area contributed by atoms with Crippen LogP contribution in [0.25, 0.3) is 22.4 Å². The van der Waals surface area contributed by atoms with E-state index in [0.717, 1.165) is 39.3 Å². The van der Waals surface area contributed by atoms with E-state index < -0.39 is 10.0 Å². The Morgan fingerprint density at radius 1 is 1.05 bits per heavy atom. The molecule has 2 heterocycles. The number of aryl methyl sites for hydroxylation is 1. The van der Waals surface area contributed by atoms with Gasteiger partial charge < -0.3 is 10.5 Å². The van der Waals surface area contributed by atoms with Crippen LogP contribution in [0.5, 0.6) is 11.5 Å². The number of nitrogens with one attached hydrogen (secondary N) is 1. The van der Waals surface area contributed by atoms with Crippen molar-refractivity contribution in [2.45, 2.75) is 11.4 Å². The lowest BCUT2D eigenvalue weighted by atomic mass is 9.99. The summed E-state index contributed by atoms with van der Waals surface area (Å²) in [6, 6.07) is 21.8. The molecule has 0 spiro atoms. The number of nitriles is 1. The third-order valence-electron chi connectivity index (χ3n) is 5.83. The minimum Gasteiger partial charge on any atom is -0.455 e. The molecule has 3 N–H and O–H groups in total. The number of nitrogens with two attached hydrogens (primary N) is 1. The maximum absolute atomic E-state index is 12.8. The molecule has 3 aromatic carbocycles. The normalized spacial score (nSPS) is 10.9. The van der Waals surface area contributed by atoms with E-state index in [9.17, 15) is 13.7 Å². The molecule has 0 radical (unpaired) electrons. The van der Waals surface area contributed by atoms with Gasteiger partial charge in [-0.05, 0) is 59.2 Å². The summed E-state index contributed by atoms with van der Waals surface area (Å²) in [5.41, 5.74) is 10.4. The van der Waals surface area contributed by atoms with Crippen LogP contribution in [0.2, 0.25) is 0 Å². The van der Waals surface area contributed by atoms with Crippen molar-refractivity contribution in [1.82, 2.24) is 14.8 Å². The molecule has 2 aromatic heterocycles. The molecular weight excluding hydrogens is 556 g/mol. The summed E-state index contributed by atoms with van der Waals surface area (Å²) in [5.74, 6) is 0.711. The lowest BCUT2D eigenvalue weighted by Crippen LogP contribution is -2.13. The second kappa shape index (κ2) is 11.7. The van der Waals surface area contributed by atoms with Crippen LogP contribution in [0.15, 0.2) is 89.4 Å². The quantitative estimate of drug-likeness (QED) is 0.246. The van der Waals surface area contributed by atoms with Gasteiger partial charge in [-0.15, -0.1) is 23.7 Å². The summed E-state index contributed by atoms with van der Waals surface area (Å²) >= 11 is 1.16. The molecule has 198 valence electrons. The number of hydrogen-bond acceptors (Lipinski definition) is 8. The van der Waals surface area contributed by atoms with Gasteiger partial charge in [0.15, 0.2) is 5.13 Å². The summed E-state index contributed by atoms with van der Waals surface area (Å²) in [6.45, 7) is 0.436. The molecule has 0 fully saturated rings. The van der Waals surface area contributed by atoms with Gasteiger partial charge in [-0.25, -0.2) is 13.4 Å². The summed E-state index contributed by atoms with van der Waals surface area (Å²) in [4.78, 5) is 3.88. The predicted octanol–water partition coefficient (Wildman–Crippen LogP) is 5.56. The fourth-order valence-corrected chi connectivity index (χ4v) is 5.75. The van der Waals surface area contributed by atoms with Crippen molar-refractivity contribution >= 4 is 38.9 Å². The Morgan fingerprint density at radius 2 is 1.85 bits per heavy atom. The Bertz CT molecular complexity index is 1760. The lowest BCUT2D eigenvalue weighted by Gasteiger charge is -2.15. The monoisotopic (exact) mass is 578 g/mol. The molecule has 5 aromatic rings. The SMILES string of the molecule is Cl.Cn1nccc1-c1cc(-c2cccc(CN)c2)ccc1Oc1ccc(S(=O)(=O)Nc2nccs2)cc1C#N. The summed E-state index contributed by atoms with van der Waals surface area (Å²) in [6.07, 6.45) is 3.19. The van der Waals surface area contributed by atoms with Gasteiger partial charge in [0, 0.05) is 36.9 Å². The highest BCUT2D eigenvalue weighted by Crippen LogP contribution is 2.38. The maximum Gasteiger partial charge on any atom is 0.263 e. The fraction of sp³-hybridized carbons (Fsp3) is 0.0741. The smallest absolute Gasteiger partial charge is 0.263 e. The number of halogens is 1. The number of anilines is 1. The van der Waals surface area contributed by atoms with Crippen molar-refractivity contribution < 1.29 is 13.2 Å². The lowest BCUT2D eigenvalue weighted by molar-refractivity contribution is 0.481. The molecule has 0 atom stereocenters. The molecule has 0 aliphatic heterocycles. The molecule has 12 heteroatoms. The number of aromatic nitrogens is 3. The van der Waals surface area contributed by atoms with E-state index in [1.54, 1.807) is 16.3 Å². The van der Waals surface area contributed by atoms with E-state index >= 15 is 0 Å². The molecule has 0 saturated heterocycles. The van der Waals surface area contributed by atoms with Gasteiger partial charge in [-0.1, -0.05) is 24.3 Å². The zero-order valence-electron chi connectivity index (χ0n) is 20.6. The topological polar surface area (TPSA) is 136 Å². The van der Waals surface area contributed by atoms with Gasteiger partial charge in [0.05, 0.1) is 16.2 Å². The second-order valence-corrected chi connectivity index (χ2v) is 10.8. The molecule has 39 heavy (non-hydrogen) atoms. The summed E-state index contributed by atoms with van der Waals surface area (Å²) in [7, 11) is -2.10. The Morgan fingerprint density at radius 3 is 2.54 bits per heavy atom. The van der Waals surface area contributed by atoms with Crippen LogP contribution in [0.4, 0.5) is 5.13 Å². The Balaban J connectivity index is 0.00000353. The van der Waals surface area contributed by atoms with Crippen LogP contribution in [0.1, 0.15) is 11.1 Å². The third kappa shape index (κ3) is 5.94. The Kier molecular flexibility index (Phi) is 8.32. The number of thiazole rings is 1. The van der Waals surface area contributed by atoms with Gasteiger partial charge in [-0.2, -0.15) is 10.4 Å². The van der Waals surface area contributed by atoms with Crippen LogP contribution in [0, 0.1) is 11.3 Å². The van der Waals surface area contributed by atoms with Crippen molar-refractivity contribution in [3.8, 4) is 40.0 Å². The van der Waals surface area contributed by atoms with Gasteiger partial charge >= 0.3 is 0 Å². The molecular formula is C27H23ClN6O3S2. The maximum atomic E-state index is 12.8. The molecule has 0 bridgehead atoms. The van der Waals surface area contributed by atoms with E-state index in [1.807, 2.05) is 61.6 Å². The van der Waals surface area contributed by atoms with E-state index in [0.29, 0.717) is 12.3 Å². The Labute approximate surface area is 236 Å². The number of nitrogens with zero attached hydrogens (tertiary/aromatic N) is 4. The minimum atomic E-state index is -3.93. The van der Waals surface area contributed by atoms with Crippen LogP contribution in [-0.4, -0.2) is 23.2 Å². The molecule has 0 unspecified atom stereocenters. The van der Waals surface area contributed by atoms with Crippen LogP contribution < -0.4 is 15.2 Å². The summed E-state index contributed by atoms with van der Waals surface area (Å²) in [5, 5.41) is 16.0. The zero-order valence-corrected chi connectivity index (χ0v) is 23.1. The average molecular weight is 579 g/mol. The van der Waals surface area contributed by atoms with Crippen molar-refractivity contribution in [2.24, 2.45) is 12.8 Å². The van der Waals surface area contributed by atoms with Crippen LogP contribution >= 0.6 is 23.7 Å². The third-order valence-corrected chi connectivity index (χ3v) is 7.98. The highest BCUT2D eigenvalue weighted by molar-refractivity contribution is 7.93. The predicted molar refractivity (Wildman–Crippen MR) is 153 cm³/mol. The number of rotatable bonds is 8. The Hall–Kier alpha value is -4.21. The molecule has 9 nitrogen and oxygen atoms in total. The van der Waals surface area contributed by atoms with E-state index in [1.165, 1.54) is 24.4 Å². The highest BCUT2D eigenvalue weighted by atomic mass is 35.5. The van der Waals surface area contributed by atoms with Gasteiger partial charge in [0.1, 0.15) is 17.6 Å². The first-order valence-electron chi connectivity index (χ1n) is 11.4. The highest BCUT2D eigenvalue weighted by Gasteiger charge is 2.20. The minimum absolute atomic E-state index is 0. The van der Waals surface area contributed by atoms with Crippen molar-refractivity contribution in [1.29, 1.82) is 5.26 Å². The van der Waals surface area contributed by atoms with E-state index in [-0.39, 0.29) is 33.7 Å². The number of ether oxygens (including phenoxy) is 1. The van der Waals surface area contributed by atoms with Gasteiger partial charge in [0.2, 0.25) is 0 Å². The van der Waals surface area contributed by atoms with Crippen molar-refractivity contribution in [3.05, 3.63) is 95.6 Å². The number of hydrogen-bond donors (Lipinski definition) is 2. The number of benzene rings is 3. The fourth-order valence-electron chi connectivity index (χ4n) is 3.93. The van der Waals surface area contributed by atoms with Gasteiger partial charge in [-0.3, -0.25) is 9.40 Å². The number of sulfonamides is 1. The van der Waals surface area contributed by atoms with Crippen molar-refractivity contribution in [2.75, 3.05) is 4.72 Å². The zero-order chi connectivity index (χ0) is 26.7. The first-order chi connectivity index (χ1) is 18.4. The van der Waals surface area contributed by atoms with Crippen LogP contribution in [-0.2, 0) is 23.6 Å². The molecule has 5 rings (SSSR count). The first kappa shape index (κ1) is 27.8. The molecule has 0 aliphatic rings. The van der Waals surface area contributed by atoms with Crippen molar-refractivity contribution in [3.63, 3.8) is 0 Å². The second-order valence-electron chi connectivity index (χ2n) is 8.27. The summed E-state index contributed by atoms with van der Waals surface area (Å²) < 4.78 is 35.9. The molecule has 0 aliphatic carbocycles. The van der Waals surface area contributed by atoms with Crippen LogP contribution in [0.3, 0.4) is 0 Å².